The number of hydrogen-bond donors (Lipinski definition) is 2. The summed E-state index contributed by atoms with van der Waals surface area (Å²) in [4.78, 5) is 12.9. The van der Waals surface area contributed by atoms with Crippen molar-refractivity contribution in [3.05, 3.63) is 89.2 Å². The van der Waals surface area contributed by atoms with E-state index < -0.39 is 21.4 Å². The minimum absolute atomic E-state index is 0.0279. The van der Waals surface area contributed by atoms with Gasteiger partial charge in [0.1, 0.15) is 11.4 Å². The van der Waals surface area contributed by atoms with Crippen molar-refractivity contribution in [3.8, 4) is 5.75 Å². The summed E-state index contributed by atoms with van der Waals surface area (Å²) >= 11 is 0. The standard InChI is InChI=1S/C22H24N2O5S/c1-24-18(10-13-20(24)21(25)16-8-11-19(29-2)12-9-16)14-22(26,15-30(23,27)28)17-6-4-3-5-7-17/h3-13,26H,14-15H2,1-2H3,(H2,23,27,28). The van der Waals surface area contributed by atoms with Crippen molar-refractivity contribution < 1.29 is 23.1 Å². The van der Waals surface area contributed by atoms with Gasteiger partial charge in [-0.15, -0.1) is 0 Å². The van der Waals surface area contributed by atoms with Crippen LogP contribution in [0.5, 0.6) is 5.75 Å². The second-order valence-electron chi connectivity index (χ2n) is 7.21. The minimum atomic E-state index is -3.96. The molecule has 8 heteroatoms. The molecule has 0 aliphatic carbocycles. The first-order valence-electron chi connectivity index (χ1n) is 9.25. The predicted octanol–water partition coefficient (Wildman–Crippen LogP) is 1.98. The van der Waals surface area contributed by atoms with Gasteiger partial charge >= 0.3 is 0 Å². The summed E-state index contributed by atoms with van der Waals surface area (Å²) in [5, 5.41) is 16.5. The van der Waals surface area contributed by atoms with E-state index in [9.17, 15) is 18.3 Å². The van der Waals surface area contributed by atoms with Gasteiger partial charge in [0, 0.05) is 24.7 Å². The Kier molecular flexibility index (Phi) is 6.12. The Morgan fingerprint density at radius 2 is 1.70 bits per heavy atom. The van der Waals surface area contributed by atoms with Gasteiger partial charge in [0.15, 0.2) is 0 Å². The highest BCUT2D eigenvalue weighted by Crippen LogP contribution is 2.28. The van der Waals surface area contributed by atoms with E-state index in [1.807, 2.05) is 0 Å². The van der Waals surface area contributed by atoms with Crippen molar-refractivity contribution in [1.82, 2.24) is 4.57 Å². The number of primary sulfonamides is 1. The van der Waals surface area contributed by atoms with Crippen LogP contribution in [-0.2, 0) is 29.1 Å². The number of methoxy groups -OCH3 is 1. The maximum atomic E-state index is 12.9. The zero-order valence-corrected chi connectivity index (χ0v) is 17.6. The number of nitrogens with zero attached hydrogens (tertiary/aromatic N) is 1. The molecule has 0 radical (unpaired) electrons. The molecular formula is C22H24N2O5S. The van der Waals surface area contributed by atoms with E-state index in [0.717, 1.165) is 0 Å². The van der Waals surface area contributed by atoms with Gasteiger partial charge in [-0.2, -0.15) is 0 Å². The van der Waals surface area contributed by atoms with Crippen LogP contribution in [0.15, 0.2) is 66.7 Å². The zero-order chi connectivity index (χ0) is 21.9. The fourth-order valence-corrected chi connectivity index (χ4v) is 4.40. The van der Waals surface area contributed by atoms with Crippen LogP contribution in [0.3, 0.4) is 0 Å². The summed E-state index contributed by atoms with van der Waals surface area (Å²) < 4.78 is 30.4. The average molecular weight is 429 g/mol. The largest absolute Gasteiger partial charge is 0.497 e. The van der Waals surface area contributed by atoms with Crippen LogP contribution in [0.1, 0.15) is 27.3 Å². The van der Waals surface area contributed by atoms with Crippen LogP contribution in [0.4, 0.5) is 0 Å². The summed E-state index contributed by atoms with van der Waals surface area (Å²) in [6.07, 6.45) is -0.0279. The van der Waals surface area contributed by atoms with E-state index in [2.05, 4.69) is 0 Å². The maximum Gasteiger partial charge on any atom is 0.212 e. The number of carbonyl (C=O) groups excluding carboxylic acids is 1. The summed E-state index contributed by atoms with van der Waals surface area (Å²) in [6.45, 7) is 0. The topological polar surface area (TPSA) is 112 Å². The first-order valence-corrected chi connectivity index (χ1v) is 11.0. The molecular weight excluding hydrogens is 404 g/mol. The summed E-state index contributed by atoms with van der Waals surface area (Å²) in [7, 11) is -0.706. The summed E-state index contributed by atoms with van der Waals surface area (Å²) in [6, 6.07) is 18.6. The van der Waals surface area contributed by atoms with E-state index in [0.29, 0.717) is 28.3 Å². The van der Waals surface area contributed by atoms with Crippen molar-refractivity contribution in [1.29, 1.82) is 0 Å². The molecule has 3 rings (SSSR count). The molecule has 0 bridgehead atoms. The number of hydrogen-bond acceptors (Lipinski definition) is 5. The van der Waals surface area contributed by atoms with E-state index in [1.54, 1.807) is 85.5 Å². The SMILES string of the molecule is COc1ccc(C(=O)c2ccc(CC(O)(CS(N)(=O)=O)c3ccccc3)n2C)cc1. The molecule has 2 aromatic carbocycles. The maximum absolute atomic E-state index is 12.9. The summed E-state index contributed by atoms with van der Waals surface area (Å²) in [5.41, 5.74) is 0.208. The Bertz CT molecular complexity index is 1140. The number of nitrogens with two attached hydrogens (primary N) is 1. The zero-order valence-electron chi connectivity index (χ0n) is 16.8. The molecule has 0 saturated heterocycles. The van der Waals surface area contributed by atoms with Gasteiger partial charge < -0.3 is 14.4 Å². The molecule has 0 aliphatic heterocycles. The summed E-state index contributed by atoms with van der Waals surface area (Å²) in [5.74, 6) is -0.187. The number of carbonyl (C=O) groups is 1. The average Bonchev–Trinajstić information content (AvgIpc) is 3.06. The molecule has 0 fully saturated rings. The third kappa shape index (κ3) is 4.79. The lowest BCUT2D eigenvalue weighted by Crippen LogP contribution is -2.39. The van der Waals surface area contributed by atoms with Gasteiger partial charge in [-0.25, -0.2) is 13.6 Å². The van der Waals surface area contributed by atoms with Crippen molar-refractivity contribution in [3.63, 3.8) is 0 Å². The van der Waals surface area contributed by atoms with Crippen LogP contribution in [0, 0.1) is 0 Å². The van der Waals surface area contributed by atoms with E-state index >= 15 is 0 Å². The molecule has 1 atom stereocenters. The molecule has 7 nitrogen and oxygen atoms in total. The Labute approximate surface area is 175 Å². The molecule has 3 aromatic rings. The Balaban J connectivity index is 1.93. The predicted molar refractivity (Wildman–Crippen MR) is 114 cm³/mol. The third-order valence-electron chi connectivity index (χ3n) is 5.04. The van der Waals surface area contributed by atoms with Gasteiger partial charge in [-0.3, -0.25) is 4.79 Å². The fourth-order valence-electron chi connectivity index (χ4n) is 3.47. The number of ketones is 1. The van der Waals surface area contributed by atoms with E-state index in [1.165, 1.54) is 0 Å². The van der Waals surface area contributed by atoms with Gasteiger partial charge in [0.25, 0.3) is 0 Å². The Hall–Kier alpha value is -2.94. The molecule has 0 amide bonds. The van der Waals surface area contributed by atoms with Crippen LogP contribution >= 0.6 is 0 Å². The van der Waals surface area contributed by atoms with Gasteiger partial charge in [-0.1, -0.05) is 30.3 Å². The lowest BCUT2D eigenvalue weighted by Gasteiger charge is -2.28. The monoisotopic (exact) mass is 428 g/mol. The van der Waals surface area contributed by atoms with Crippen LogP contribution < -0.4 is 9.88 Å². The normalized spacial score (nSPS) is 13.6. The fraction of sp³-hybridized carbons (Fsp3) is 0.227. The first-order chi connectivity index (χ1) is 14.1. The second kappa shape index (κ2) is 8.43. The van der Waals surface area contributed by atoms with E-state index in [4.69, 9.17) is 9.88 Å². The van der Waals surface area contributed by atoms with Crippen molar-refractivity contribution in [2.75, 3.05) is 12.9 Å². The van der Waals surface area contributed by atoms with Gasteiger partial charge in [0.2, 0.25) is 15.8 Å². The number of aromatic nitrogens is 1. The molecule has 30 heavy (non-hydrogen) atoms. The molecule has 0 aliphatic rings. The molecule has 158 valence electrons. The molecule has 1 heterocycles. The van der Waals surface area contributed by atoms with Crippen molar-refractivity contribution in [2.24, 2.45) is 12.2 Å². The minimum Gasteiger partial charge on any atom is -0.497 e. The van der Waals surface area contributed by atoms with Crippen LogP contribution in [0.2, 0.25) is 0 Å². The highest BCUT2D eigenvalue weighted by molar-refractivity contribution is 7.89. The molecule has 3 N–H and O–H groups in total. The highest BCUT2D eigenvalue weighted by Gasteiger charge is 2.35. The number of aliphatic hydroxyl groups is 1. The molecule has 1 unspecified atom stereocenters. The lowest BCUT2D eigenvalue weighted by atomic mass is 9.91. The quantitative estimate of drug-likeness (QED) is 0.533. The smallest absolute Gasteiger partial charge is 0.212 e. The van der Waals surface area contributed by atoms with Gasteiger partial charge in [0.05, 0.1) is 18.6 Å². The Morgan fingerprint density at radius 1 is 1.07 bits per heavy atom. The molecule has 1 aromatic heterocycles. The number of ether oxygens (including phenoxy) is 1. The Morgan fingerprint density at radius 3 is 2.27 bits per heavy atom. The number of sulfonamides is 1. The van der Waals surface area contributed by atoms with Crippen molar-refractivity contribution in [2.45, 2.75) is 12.0 Å². The van der Waals surface area contributed by atoms with Gasteiger partial charge in [-0.05, 0) is 42.0 Å². The van der Waals surface area contributed by atoms with Crippen molar-refractivity contribution >= 4 is 15.8 Å². The van der Waals surface area contributed by atoms with Crippen LogP contribution in [-0.4, -0.2) is 36.7 Å². The lowest BCUT2D eigenvalue weighted by molar-refractivity contribution is 0.0592. The second-order valence-corrected chi connectivity index (χ2v) is 8.82. The third-order valence-corrected chi connectivity index (χ3v) is 5.92. The van der Waals surface area contributed by atoms with Crippen LogP contribution in [0.25, 0.3) is 0 Å². The molecule has 0 spiro atoms. The molecule has 0 saturated carbocycles. The first kappa shape index (κ1) is 21.8. The number of rotatable bonds is 8. The number of benzene rings is 2. The highest BCUT2D eigenvalue weighted by atomic mass is 32.2. The van der Waals surface area contributed by atoms with E-state index in [-0.39, 0.29) is 12.2 Å².